The van der Waals surface area contributed by atoms with E-state index in [2.05, 4.69) is 16.8 Å². The number of nitro groups is 2. The number of likely N-dealkylation sites (tertiary alicyclic amines) is 1. The third-order valence-corrected chi connectivity index (χ3v) is 4.51. The van der Waals surface area contributed by atoms with Gasteiger partial charge in [0.1, 0.15) is 0 Å². The minimum atomic E-state index is -0.652. The van der Waals surface area contributed by atoms with Gasteiger partial charge in [0.2, 0.25) is 0 Å². The maximum absolute atomic E-state index is 11.5. The lowest BCUT2D eigenvalue weighted by molar-refractivity contribution is -0.392. The summed E-state index contributed by atoms with van der Waals surface area (Å²) in [6.07, 6.45) is 3.27. The van der Waals surface area contributed by atoms with Crippen LogP contribution < -0.4 is 5.32 Å². The molecule has 2 N–H and O–H groups in total. The number of hydrogen-bond acceptors (Lipinski definition) is 7. The summed E-state index contributed by atoms with van der Waals surface area (Å²) in [6, 6.07) is 1.12. The van der Waals surface area contributed by atoms with Gasteiger partial charge in [-0.1, -0.05) is 6.08 Å². The van der Waals surface area contributed by atoms with Crippen LogP contribution in [0.15, 0.2) is 18.7 Å². The zero-order chi connectivity index (χ0) is 18.6. The summed E-state index contributed by atoms with van der Waals surface area (Å²) < 4.78 is 0. The molecule has 0 aromatic heterocycles. The highest BCUT2D eigenvalue weighted by Crippen LogP contribution is 2.40. The number of rotatable bonds is 7. The predicted molar refractivity (Wildman–Crippen MR) is 93.7 cm³/mol. The first-order valence-corrected chi connectivity index (χ1v) is 8.04. The first-order chi connectivity index (χ1) is 11.9. The Kier molecular flexibility index (Phi) is 6.05. The summed E-state index contributed by atoms with van der Waals surface area (Å²) in [7, 11) is 0. The van der Waals surface area contributed by atoms with E-state index in [1.165, 1.54) is 13.0 Å². The van der Waals surface area contributed by atoms with Crippen LogP contribution in [0.2, 0.25) is 0 Å². The first kappa shape index (κ1) is 18.8. The lowest BCUT2D eigenvalue weighted by atomic mass is 10.0. The Morgan fingerprint density at radius 2 is 2.00 bits per heavy atom. The molecule has 0 atom stereocenters. The highest BCUT2D eigenvalue weighted by molar-refractivity contribution is 5.78. The molecule has 1 aromatic carbocycles. The van der Waals surface area contributed by atoms with E-state index in [4.69, 9.17) is 0 Å². The Balaban J connectivity index is 2.36. The molecule has 0 spiro atoms. The van der Waals surface area contributed by atoms with Gasteiger partial charge in [0.25, 0.3) is 5.69 Å². The molecule has 1 heterocycles. The molecule has 0 unspecified atom stereocenters. The Morgan fingerprint density at radius 1 is 1.36 bits per heavy atom. The standard InChI is InChI=1S/C16H22N4O5/c1-3-6-18-7-4-13(5-8-18)17-15-14(19(22)23)9-12(10-21)11(2)16(15)20(24)25/h3,9,13,17,21H,1,4-8,10H2,2H3. The van der Waals surface area contributed by atoms with Crippen LogP contribution in [0.25, 0.3) is 0 Å². The zero-order valence-corrected chi connectivity index (χ0v) is 14.1. The van der Waals surface area contributed by atoms with Crippen LogP contribution in [0.1, 0.15) is 24.0 Å². The molecule has 1 saturated heterocycles. The number of hydrogen-bond donors (Lipinski definition) is 2. The molecule has 1 aromatic rings. The molecule has 0 radical (unpaired) electrons. The van der Waals surface area contributed by atoms with E-state index in [9.17, 15) is 25.3 Å². The molecule has 136 valence electrons. The van der Waals surface area contributed by atoms with Gasteiger partial charge in [-0.05, 0) is 25.3 Å². The van der Waals surface area contributed by atoms with Crippen LogP contribution in [0.3, 0.4) is 0 Å². The van der Waals surface area contributed by atoms with E-state index >= 15 is 0 Å². The summed E-state index contributed by atoms with van der Waals surface area (Å²) in [5.74, 6) is 0. The smallest absolute Gasteiger partial charge is 0.302 e. The van der Waals surface area contributed by atoms with Crippen molar-refractivity contribution >= 4 is 17.1 Å². The van der Waals surface area contributed by atoms with Gasteiger partial charge in [-0.3, -0.25) is 25.1 Å². The number of benzene rings is 1. The fourth-order valence-corrected chi connectivity index (χ4v) is 3.13. The van der Waals surface area contributed by atoms with Crippen LogP contribution in [-0.4, -0.2) is 45.5 Å². The van der Waals surface area contributed by atoms with Gasteiger partial charge in [0, 0.05) is 37.3 Å². The second-order valence-electron chi connectivity index (χ2n) is 6.08. The van der Waals surface area contributed by atoms with Gasteiger partial charge >= 0.3 is 5.69 Å². The quantitative estimate of drug-likeness (QED) is 0.440. The van der Waals surface area contributed by atoms with Crippen molar-refractivity contribution in [3.8, 4) is 0 Å². The number of anilines is 1. The van der Waals surface area contributed by atoms with E-state index in [1.54, 1.807) is 0 Å². The topological polar surface area (TPSA) is 122 Å². The van der Waals surface area contributed by atoms with Crippen LogP contribution in [0.4, 0.5) is 17.1 Å². The second-order valence-corrected chi connectivity index (χ2v) is 6.08. The van der Waals surface area contributed by atoms with Crippen molar-refractivity contribution in [1.82, 2.24) is 4.90 Å². The molecule has 0 amide bonds. The highest BCUT2D eigenvalue weighted by atomic mass is 16.6. The number of aliphatic hydroxyl groups excluding tert-OH is 1. The highest BCUT2D eigenvalue weighted by Gasteiger charge is 2.32. The minimum Gasteiger partial charge on any atom is -0.392 e. The fraction of sp³-hybridized carbons (Fsp3) is 0.500. The third-order valence-electron chi connectivity index (χ3n) is 4.51. The third kappa shape index (κ3) is 4.12. The number of aliphatic hydroxyl groups is 1. The van der Waals surface area contributed by atoms with Crippen molar-refractivity contribution in [1.29, 1.82) is 0 Å². The molecule has 1 fully saturated rings. The fourth-order valence-electron chi connectivity index (χ4n) is 3.13. The summed E-state index contributed by atoms with van der Waals surface area (Å²) in [5.41, 5.74) is -0.372. The molecule has 9 heteroatoms. The van der Waals surface area contributed by atoms with Gasteiger partial charge in [-0.2, -0.15) is 0 Å². The van der Waals surface area contributed by atoms with Gasteiger partial charge < -0.3 is 10.4 Å². The number of nitrogens with one attached hydrogen (secondary N) is 1. The SMILES string of the molecule is C=CCN1CCC(Nc2c([N+](=O)[O-])cc(CO)c(C)c2[N+](=O)[O-])CC1. The largest absolute Gasteiger partial charge is 0.392 e. The number of nitrogens with zero attached hydrogens (tertiary/aromatic N) is 3. The summed E-state index contributed by atoms with van der Waals surface area (Å²) in [6.45, 7) is 7.06. The second kappa shape index (κ2) is 8.04. The molecule has 1 aliphatic heterocycles. The molecule has 2 rings (SSSR count). The van der Waals surface area contributed by atoms with E-state index in [0.717, 1.165) is 32.5 Å². The first-order valence-electron chi connectivity index (χ1n) is 8.04. The maximum Gasteiger partial charge on any atom is 0.302 e. The Morgan fingerprint density at radius 3 is 2.48 bits per heavy atom. The Hall–Kier alpha value is -2.52. The predicted octanol–water partition coefficient (Wildman–Crippen LogP) is 2.37. The molecule has 9 nitrogen and oxygen atoms in total. The number of piperidine rings is 1. The van der Waals surface area contributed by atoms with Gasteiger partial charge in [-0.15, -0.1) is 6.58 Å². The van der Waals surface area contributed by atoms with E-state index in [1.807, 2.05) is 6.08 Å². The van der Waals surface area contributed by atoms with Gasteiger partial charge in [0.15, 0.2) is 5.69 Å². The lowest BCUT2D eigenvalue weighted by Crippen LogP contribution is -2.39. The maximum atomic E-state index is 11.5. The van der Waals surface area contributed by atoms with E-state index < -0.39 is 16.5 Å². The molecule has 0 bridgehead atoms. The molecule has 25 heavy (non-hydrogen) atoms. The van der Waals surface area contributed by atoms with Gasteiger partial charge in [0.05, 0.1) is 16.5 Å². The van der Waals surface area contributed by atoms with Crippen molar-refractivity contribution in [2.24, 2.45) is 0 Å². The zero-order valence-electron chi connectivity index (χ0n) is 14.1. The van der Waals surface area contributed by atoms with Crippen LogP contribution in [-0.2, 0) is 6.61 Å². The van der Waals surface area contributed by atoms with E-state index in [0.29, 0.717) is 0 Å². The van der Waals surface area contributed by atoms with E-state index in [-0.39, 0.29) is 34.2 Å². The van der Waals surface area contributed by atoms with Crippen molar-refractivity contribution in [2.45, 2.75) is 32.4 Å². The Bertz CT molecular complexity index is 684. The average molecular weight is 350 g/mol. The molecule has 0 saturated carbocycles. The summed E-state index contributed by atoms with van der Waals surface area (Å²) >= 11 is 0. The monoisotopic (exact) mass is 350 g/mol. The summed E-state index contributed by atoms with van der Waals surface area (Å²) in [4.78, 5) is 23.8. The Labute approximate surface area is 145 Å². The van der Waals surface area contributed by atoms with Crippen LogP contribution >= 0.6 is 0 Å². The summed E-state index contributed by atoms with van der Waals surface area (Å²) in [5, 5.41) is 35.3. The van der Waals surface area contributed by atoms with Crippen LogP contribution in [0.5, 0.6) is 0 Å². The van der Waals surface area contributed by atoms with Crippen molar-refractivity contribution in [3.63, 3.8) is 0 Å². The lowest BCUT2D eigenvalue weighted by Gasteiger charge is -2.32. The average Bonchev–Trinajstić information content (AvgIpc) is 2.56. The van der Waals surface area contributed by atoms with Crippen molar-refractivity contribution in [2.75, 3.05) is 25.0 Å². The normalized spacial score (nSPS) is 15.8. The van der Waals surface area contributed by atoms with Crippen molar-refractivity contribution in [3.05, 3.63) is 50.1 Å². The molecule has 0 aliphatic carbocycles. The number of nitro benzene ring substituents is 2. The molecular formula is C16H22N4O5. The van der Waals surface area contributed by atoms with Crippen LogP contribution in [0, 0.1) is 27.2 Å². The minimum absolute atomic E-state index is 0.0770. The molecule has 1 aliphatic rings. The van der Waals surface area contributed by atoms with Crippen molar-refractivity contribution < 1.29 is 15.0 Å². The molecular weight excluding hydrogens is 328 g/mol. The van der Waals surface area contributed by atoms with Gasteiger partial charge in [-0.25, -0.2) is 0 Å².